The van der Waals surface area contributed by atoms with Gasteiger partial charge in [0, 0.05) is 25.2 Å². The van der Waals surface area contributed by atoms with E-state index in [1.165, 1.54) is 0 Å². The molecule has 1 aromatic carbocycles. The Hall–Kier alpha value is -2.38. The summed E-state index contributed by atoms with van der Waals surface area (Å²) in [5.41, 5.74) is 1.96. The number of likely N-dealkylation sites (tertiary alicyclic amines) is 1. The molecule has 1 amide bonds. The van der Waals surface area contributed by atoms with Crippen molar-refractivity contribution >= 4 is 5.91 Å². The topological polar surface area (TPSA) is 87.8 Å². The minimum atomic E-state index is -0.599. The van der Waals surface area contributed by atoms with Crippen LogP contribution in [0.5, 0.6) is 5.75 Å². The Labute approximate surface area is 159 Å². The van der Waals surface area contributed by atoms with Crippen molar-refractivity contribution in [2.24, 2.45) is 0 Å². The van der Waals surface area contributed by atoms with E-state index in [2.05, 4.69) is 15.4 Å². The molecule has 7 nitrogen and oxygen atoms in total. The van der Waals surface area contributed by atoms with E-state index in [1.807, 2.05) is 44.2 Å². The smallest absolute Gasteiger partial charge is 0.223 e. The Balaban J connectivity index is 1.41. The zero-order valence-corrected chi connectivity index (χ0v) is 15.9. The Morgan fingerprint density at radius 2 is 2.15 bits per heavy atom. The summed E-state index contributed by atoms with van der Waals surface area (Å²) in [4.78, 5) is 14.3. The minimum Gasteiger partial charge on any atom is -0.493 e. The van der Waals surface area contributed by atoms with Crippen LogP contribution in [0.15, 0.2) is 34.9 Å². The predicted octanol–water partition coefficient (Wildman–Crippen LogP) is 1.81. The van der Waals surface area contributed by atoms with Gasteiger partial charge in [0.1, 0.15) is 11.5 Å². The summed E-state index contributed by atoms with van der Waals surface area (Å²) in [5.74, 6) is 1.46. The van der Waals surface area contributed by atoms with Gasteiger partial charge in [0.05, 0.1) is 30.9 Å². The van der Waals surface area contributed by atoms with E-state index in [4.69, 9.17) is 9.26 Å². The number of ether oxygens (including phenoxy) is 1. The molecular formula is C20H27N3O4. The molecule has 1 fully saturated rings. The van der Waals surface area contributed by atoms with Crippen molar-refractivity contribution in [2.45, 2.75) is 45.4 Å². The lowest BCUT2D eigenvalue weighted by Gasteiger charge is -2.36. The number of benzene rings is 1. The van der Waals surface area contributed by atoms with Gasteiger partial charge in [-0.2, -0.15) is 0 Å². The quantitative estimate of drug-likeness (QED) is 0.770. The number of aliphatic hydroxyl groups is 1. The Morgan fingerprint density at radius 3 is 2.81 bits per heavy atom. The number of nitrogens with zero attached hydrogens (tertiary/aromatic N) is 2. The van der Waals surface area contributed by atoms with Crippen LogP contribution in [0.2, 0.25) is 0 Å². The number of β-amino-alcohol motifs (C(OH)–C–C–N with tert-alkyl or cyclic N) is 1. The lowest BCUT2D eigenvalue weighted by molar-refractivity contribution is -0.123. The molecule has 0 saturated carbocycles. The molecule has 2 atom stereocenters. The zero-order valence-electron chi connectivity index (χ0n) is 15.9. The molecule has 27 heavy (non-hydrogen) atoms. The average molecular weight is 373 g/mol. The van der Waals surface area contributed by atoms with E-state index < -0.39 is 6.10 Å². The highest BCUT2D eigenvalue weighted by atomic mass is 16.5. The van der Waals surface area contributed by atoms with Crippen molar-refractivity contribution < 1.29 is 19.2 Å². The van der Waals surface area contributed by atoms with Crippen LogP contribution in [0.3, 0.4) is 0 Å². The number of hydrogen-bond donors (Lipinski definition) is 2. The van der Waals surface area contributed by atoms with Gasteiger partial charge < -0.3 is 19.7 Å². The molecule has 1 aliphatic rings. The Kier molecular flexibility index (Phi) is 6.47. The number of carbonyl (C=O) groups is 1. The SMILES string of the molecule is Cc1noc(C)c1CN1CC[C@@H](NC(=O)CCOc2ccccc2)[C@H](O)C1. The standard InChI is InChI=1S/C20H27N3O4/c1-14-17(15(2)27-22-14)12-23-10-8-18(19(24)13-23)21-20(25)9-11-26-16-6-4-3-5-7-16/h3-7,18-19,24H,8-13H2,1-2H3,(H,21,25)/t18-,19-/m1/s1. The number of aliphatic hydroxyl groups excluding tert-OH is 1. The van der Waals surface area contributed by atoms with Crippen molar-refractivity contribution in [1.29, 1.82) is 0 Å². The molecule has 2 N–H and O–H groups in total. The van der Waals surface area contributed by atoms with Gasteiger partial charge in [-0.3, -0.25) is 9.69 Å². The van der Waals surface area contributed by atoms with E-state index in [-0.39, 0.29) is 18.4 Å². The number of nitrogens with one attached hydrogen (secondary N) is 1. The molecule has 0 spiro atoms. The molecule has 2 aromatic rings. The van der Waals surface area contributed by atoms with Gasteiger partial charge in [-0.1, -0.05) is 23.4 Å². The molecule has 0 aliphatic carbocycles. The maximum Gasteiger partial charge on any atom is 0.223 e. The monoisotopic (exact) mass is 373 g/mol. The number of aromatic nitrogens is 1. The largest absolute Gasteiger partial charge is 0.493 e. The van der Waals surface area contributed by atoms with Gasteiger partial charge in [0.2, 0.25) is 5.91 Å². The first-order chi connectivity index (χ1) is 13.0. The van der Waals surface area contributed by atoms with Crippen LogP contribution in [0.1, 0.15) is 29.9 Å². The second-order valence-electron chi connectivity index (χ2n) is 6.98. The van der Waals surface area contributed by atoms with E-state index in [0.717, 1.165) is 29.3 Å². The van der Waals surface area contributed by atoms with Gasteiger partial charge in [0.15, 0.2) is 0 Å². The van der Waals surface area contributed by atoms with Crippen LogP contribution in [-0.4, -0.2) is 52.9 Å². The van der Waals surface area contributed by atoms with Crippen LogP contribution in [0, 0.1) is 13.8 Å². The molecule has 0 bridgehead atoms. The summed E-state index contributed by atoms with van der Waals surface area (Å²) < 4.78 is 10.7. The number of para-hydroxylation sites is 1. The number of hydrogen-bond acceptors (Lipinski definition) is 6. The fourth-order valence-corrected chi connectivity index (χ4v) is 3.32. The molecule has 3 rings (SSSR count). The number of rotatable bonds is 7. The summed E-state index contributed by atoms with van der Waals surface area (Å²) in [6, 6.07) is 9.19. The third-order valence-electron chi connectivity index (χ3n) is 4.92. The van der Waals surface area contributed by atoms with Gasteiger partial charge in [0.25, 0.3) is 0 Å². The molecule has 0 radical (unpaired) electrons. The number of carbonyl (C=O) groups excluding carboxylic acids is 1. The molecule has 2 heterocycles. The Bertz CT molecular complexity index is 727. The van der Waals surface area contributed by atoms with E-state index in [9.17, 15) is 9.90 Å². The second kappa shape index (κ2) is 9.01. The van der Waals surface area contributed by atoms with E-state index in [1.54, 1.807) is 0 Å². The third kappa shape index (κ3) is 5.30. The number of piperidine rings is 1. The molecular weight excluding hydrogens is 346 g/mol. The van der Waals surface area contributed by atoms with E-state index >= 15 is 0 Å². The zero-order chi connectivity index (χ0) is 19.2. The number of aryl methyl sites for hydroxylation is 2. The molecule has 7 heteroatoms. The summed E-state index contributed by atoms with van der Waals surface area (Å²) >= 11 is 0. The lowest BCUT2D eigenvalue weighted by Crippen LogP contribution is -2.53. The first kappa shape index (κ1) is 19.4. The second-order valence-corrected chi connectivity index (χ2v) is 6.98. The molecule has 1 aliphatic heterocycles. The highest BCUT2D eigenvalue weighted by Crippen LogP contribution is 2.19. The third-order valence-corrected chi connectivity index (χ3v) is 4.92. The van der Waals surface area contributed by atoms with Gasteiger partial charge in [-0.05, 0) is 32.4 Å². The van der Waals surface area contributed by atoms with Crippen molar-refractivity contribution in [3.8, 4) is 5.75 Å². The average Bonchev–Trinajstić information content (AvgIpc) is 2.97. The molecule has 0 unspecified atom stereocenters. The van der Waals surface area contributed by atoms with Crippen molar-refractivity contribution in [2.75, 3.05) is 19.7 Å². The fraction of sp³-hybridized carbons (Fsp3) is 0.500. The molecule has 1 aromatic heterocycles. The van der Waals surface area contributed by atoms with Crippen LogP contribution in [0.4, 0.5) is 0 Å². The van der Waals surface area contributed by atoms with Gasteiger partial charge in [-0.15, -0.1) is 0 Å². The maximum absolute atomic E-state index is 12.1. The lowest BCUT2D eigenvalue weighted by atomic mass is 10.0. The normalized spacial score (nSPS) is 20.4. The van der Waals surface area contributed by atoms with Crippen molar-refractivity contribution in [3.05, 3.63) is 47.3 Å². The van der Waals surface area contributed by atoms with Crippen LogP contribution in [0.25, 0.3) is 0 Å². The highest BCUT2D eigenvalue weighted by Gasteiger charge is 2.29. The maximum atomic E-state index is 12.1. The van der Waals surface area contributed by atoms with Crippen LogP contribution < -0.4 is 10.1 Å². The first-order valence-electron chi connectivity index (χ1n) is 9.32. The summed E-state index contributed by atoms with van der Waals surface area (Å²) in [6.45, 7) is 6.14. The van der Waals surface area contributed by atoms with Gasteiger partial charge in [-0.25, -0.2) is 0 Å². The fourth-order valence-electron chi connectivity index (χ4n) is 3.32. The van der Waals surface area contributed by atoms with Crippen LogP contribution >= 0.6 is 0 Å². The highest BCUT2D eigenvalue weighted by molar-refractivity contribution is 5.76. The Morgan fingerprint density at radius 1 is 1.37 bits per heavy atom. The van der Waals surface area contributed by atoms with E-state index in [0.29, 0.717) is 26.1 Å². The summed E-state index contributed by atoms with van der Waals surface area (Å²) in [5, 5.41) is 17.3. The van der Waals surface area contributed by atoms with Gasteiger partial charge >= 0.3 is 0 Å². The van der Waals surface area contributed by atoms with Crippen molar-refractivity contribution in [3.63, 3.8) is 0 Å². The summed E-state index contributed by atoms with van der Waals surface area (Å²) in [6.07, 6.45) is 0.370. The minimum absolute atomic E-state index is 0.103. The summed E-state index contributed by atoms with van der Waals surface area (Å²) in [7, 11) is 0. The number of amides is 1. The predicted molar refractivity (Wildman–Crippen MR) is 100 cm³/mol. The van der Waals surface area contributed by atoms with Crippen molar-refractivity contribution in [1.82, 2.24) is 15.4 Å². The molecule has 146 valence electrons. The molecule has 1 saturated heterocycles. The first-order valence-corrected chi connectivity index (χ1v) is 9.32. The van der Waals surface area contributed by atoms with Crippen LogP contribution in [-0.2, 0) is 11.3 Å².